The van der Waals surface area contributed by atoms with Gasteiger partial charge in [0.2, 0.25) is 0 Å². The van der Waals surface area contributed by atoms with E-state index in [0.717, 1.165) is 0 Å². The molecule has 146 valence electrons. The summed E-state index contributed by atoms with van der Waals surface area (Å²) in [6, 6.07) is 4.39. The molecule has 9 heteroatoms. The first-order valence-corrected chi connectivity index (χ1v) is 8.80. The van der Waals surface area contributed by atoms with E-state index >= 15 is 0 Å². The summed E-state index contributed by atoms with van der Waals surface area (Å²) in [4.78, 5) is 24.0. The molecule has 0 saturated heterocycles. The minimum Gasteiger partial charge on any atom is -0.493 e. The third kappa shape index (κ3) is 4.88. The number of thiocarbonyl (C=S) groups is 1. The maximum Gasteiger partial charge on any atom is 0.513 e. The number of nitrogens with one attached hydrogen (secondary N) is 2. The lowest BCUT2D eigenvalue weighted by molar-refractivity contribution is -0.139. The highest BCUT2D eigenvalue weighted by molar-refractivity contribution is 7.80. The van der Waals surface area contributed by atoms with E-state index in [1.165, 1.54) is 7.11 Å². The van der Waals surface area contributed by atoms with Crippen LogP contribution in [0.1, 0.15) is 32.4 Å². The van der Waals surface area contributed by atoms with Gasteiger partial charge >= 0.3 is 12.1 Å². The Labute approximate surface area is 162 Å². The van der Waals surface area contributed by atoms with Crippen LogP contribution in [0.15, 0.2) is 29.5 Å². The Morgan fingerprint density at radius 1 is 1.15 bits per heavy atom. The van der Waals surface area contributed by atoms with Gasteiger partial charge in [-0.25, -0.2) is 9.59 Å². The predicted octanol–water partition coefficient (Wildman–Crippen LogP) is 2.59. The average molecular weight is 394 g/mol. The zero-order valence-corrected chi connectivity index (χ0v) is 16.4. The Morgan fingerprint density at radius 3 is 2.48 bits per heavy atom. The minimum atomic E-state index is -0.826. The number of carbonyl (C=O) groups is 2. The highest BCUT2D eigenvalue weighted by Gasteiger charge is 2.31. The first kappa shape index (κ1) is 20.5. The van der Waals surface area contributed by atoms with Gasteiger partial charge in [0.25, 0.3) is 0 Å². The third-order valence-corrected chi connectivity index (χ3v) is 3.96. The van der Waals surface area contributed by atoms with Gasteiger partial charge in [0.1, 0.15) is 0 Å². The molecule has 2 N–H and O–H groups in total. The molecule has 0 saturated carbocycles. The highest BCUT2D eigenvalue weighted by Crippen LogP contribution is 2.34. The fourth-order valence-corrected chi connectivity index (χ4v) is 2.88. The smallest absolute Gasteiger partial charge is 0.493 e. The molecule has 2 rings (SSSR count). The maximum absolute atomic E-state index is 12.4. The van der Waals surface area contributed by atoms with Crippen molar-refractivity contribution < 1.29 is 28.5 Å². The van der Waals surface area contributed by atoms with Crippen LogP contribution < -0.4 is 20.1 Å². The molecule has 0 bridgehead atoms. The van der Waals surface area contributed by atoms with Crippen molar-refractivity contribution in [3.63, 3.8) is 0 Å². The molecule has 0 fully saturated rings. The summed E-state index contributed by atoms with van der Waals surface area (Å²) in [5, 5.41) is 6.37. The standard InChI is InChI=1S/C18H22N2O6S/c1-5-24-16(21)14-10(3)19-17(27)20-15(14)11-7-8-12(13(9-11)23-4)26-18(22)25-6-2/h7-9,15H,5-6H2,1-4H3,(H2,19,20,27). The third-order valence-electron chi connectivity index (χ3n) is 3.74. The van der Waals surface area contributed by atoms with Gasteiger partial charge in [-0.2, -0.15) is 0 Å². The Balaban J connectivity index is 2.39. The summed E-state index contributed by atoms with van der Waals surface area (Å²) in [5.41, 5.74) is 1.70. The van der Waals surface area contributed by atoms with Crippen molar-refractivity contribution in [2.24, 2.45) is 0 Å². The number of methoxy groups -OCH3 is 1. The molecule has 8 nitrogen and oxygen atoms in total. The molecular formula is C18H22N2O6S. The van der Waals surface area contributed by atoms with Crippen LogP contribution in [0.5, 0.6) is 11.5 Å². The van der Waals surface area contributed by atoms with Crippen molar-refractivity contribution in [1.29, 1.82) is 0 Å². The van der Waals surface area contributed by atoms with Crippen molar-refractivity contribution in [2.45, 2.75) is 26.8 Å². The van der Waals surface area contributed by atoms with E-state index in [-0.39, 0.29) is 19.0 Å². The summed E-state index contributed by atoms with van der Waals surface area (Å²) < 4.78 is 20.4. The molecule has 1 atom stereocenters. The van der Waals surface area contributed by atoms with Crippen LogP contribution in [0.25, 0.3) is 0 Å². The van der Waals surface area contributed by atoms with E-state index in [9.17, 15) is 9.59 Å². The summed E-state index contributed by atoms with van der Waals surface area (Å²) in [7, 11) is 1.45. The normalized spacial score (nSPS) is 16.1. The van der Waals surface area contributed by atoms with Crippen molar-refractivity contribution in [3.05, 3.63) is 35.0 Å². The van der Waals surface area contributed by atoms with Gasteiger partial charge in [-0.15, -0.1) is 0 Å². The number of allylic oxidation sites excluding steroid dienone is 1. The van der Waals surface area contributed by atoms with Gasteiger partial charge < -0.3 is 29.6 Å². The quantitative estimate of drug-likeness (QED) is 0.429. The molecule has 0 spiro atoms. The zero-order valence-electron chi connectivity index (χ0n) is 15.6. The second-order valence-corrected chi connectivity index (χ2v) is 5.89. The summed E-state index contributed by atoms with van der Waals surface area (Å²) in [6.45, 7) is 5.62. The maximum atomic E-state index is 12.4. The zero-order chi connectivity index (χ0) is 20.0. The number of hydrogen-bond acceptors (Lipinski definition) is 7. The van der Waals surface area contributed by atoms with Crippen LogP contribution in [0.2, 0.25) is 0 Å². The molecule has 27 heavy (non-hydrogen) atoms. The fraction of sp³-hybridized carbons (Fsp3) is 0.389. The van der Waals surface area contributed by atoms with Gasteiger partial charge in [-0.05, 0) is 50.7 Å². The number of esters is 1. The van der Waals surface area contributed by atoms with Gasteiger partial charge in [-0.1, -0.05) is 6.07 Å². The van der Waals surface area contributed by atoms with Crippen LogP contribution in [0.4, 0.5) is 4.79 Å². The second-order valence-electron chi connectivity index (χ2n) is 5.49. The molecule has 0 radical (unpaired) electrons. The van der Waals surface area contributed by atoms with Crippen LogP contribution in [0, 0.1) is 0 Å². The summed E-state index contributed by atoms with van der Waals surface area (Å²) in [5.74, 6) is 0.0654. The Morgan fingerprint density at radius 2 is 1.85 bits per heavy atom. The van der Waals surface area contributed by atoms with Gasteiger partial charge in [-0.3, -0.25) is 0 Å². The second kappa shape index (κ2) is 9.22. The van der Waals surface area contributed by atoms with Crippen molar-refractivity contribution in [3.8, 4) is 11.5 Å². The number of carbonyl (C=O) groups excluding carboxylic acids is 2. The van der Waals surface area contributed by atoms with Crippen LogP contribution in [-0.2, 0) is 14.3 Å². The first-order chi connectivity index (χ1) is 12.9. The fourth-order valence-electron chi connectivity index (χ4n) is 2.61. The summed E-state index contributed by atoms with van der Waals surface area (Å²) >= 11 is 5.21. The number of rotatable bonds is 6. The van der Waals surface area contributed by atoms with Crippen LogP contribution in [0.3, 0.4) is 0 Å². The number of hydrogen-bond donors (Lipinski definition) is 2. The van der Waals surface area contributed by atoms with Crippen LogP contribution in [-0.4, -0.2) is 37.6 Å². The molecule has 0 aromatic heterocycles. The largest absolute Gasteiger partial charge is 0.513 e. The summed E-state index contributed by atoms with van der Waals surface area (Å²) in [6.07, 6.45) is -0.826. The highest BCUT2D eigenvalue weighted by atomic mass is 32.1. The molecular weight excluding hydrogens is 372 g/mol. The first-order valence-electron chi connectivity index (χ1n) is 8.39. The molecule has 1 aromatic carbocycles. The molecule has 0 aliphatic carbocycles. The molecule has 1 heterocycles. The van der Waals surface area contributed by atoms with Crippen LogP contribution >= 0.6 is 12.2 Å². The lowest BCUT2D eigenvalue weighted by Gasteiger charge is -2.30. The van der Waals surface area contributed by atoms with Gasteiger partial charge in [0.05, 0.1) is 31.9 Å². The van der Waals surface area contributed by atoms with Crippen molar-refractivity contribution in [1.82, 2.24) is 10.6 Å². The van der Waals surface area contributed by atoms with E-state index in [1.807, 2.05) is 0 Å². The molecule has 1 aromatic rings. The Kier molecular flexibility index (Phi) is 7.00. The van der Waals surface area contributed by atoms with E-state index in [0.29, 0.717) is 27.7 Å². The van der Waals surface area contributed by atoms with E-state index in [1.54, 1.807) is 39.0 Å². The van der Waals surface area contributed by atoms with E-state index in [4.69, 9.17) is 31.2 Å². The average Bonchev–Trinajstić information content (AvgIpc) is 2.61. The minimum absolute atomic E-state index is 0.197. The van der Waals surface area contributed by atoms with Crippen molar-refractivity contribution >= 4 is 29.5 Å². The number of benzene rings is 1. The van der Waals surface area contributed by atoms with Gasteiger partial charge in [0.15, 0.2) is 16.6 Å². The molecule has 1 aliphatic rings. The van der Waals surface area contributed by atoms with Crippen molar-refractivity contribution in [2.75, 3.05) is 20.3 Å². The number of ether oxygens (including phenoxy) is 4. The predicted molar refractivity (Wildman–Crippen MR) is 102 cm³/mol. The molecule has 0 amide bonds. The lowest BCUT2D eigenvalue weighted by Crippen LogP contribution is -2.45. The lowest BCUT2D eigenvalue weighted by atomic mass is 9.95. The van der Waals surface area contributed by atoms with E-state index in [2.05, 4.69) is 10.6 Å². The Hall–Kier alpha value is -2.81. The van der Waals surface area contributed by atoms with Gasteiger partial charge in [0, 0.05) is 5.70 Å². The van der Waals surface area contributed by atoms with E-state index < -0.39 is 18.2 Å². The SMILES string of the molecule is CCOC(=O)Oc1ccc(C2NC(=S)NC(C)=C2C(=O)OCC)cc1OC. The molecule has 1 aliphatic heterocycles. The molecule has 1 unspecified atom stereocenters. The topological polar surface area (TPSA) is 95.1 Å². The Bertz CT molecular complexity index is 777. The monoisotopic (exact) mass is 394 g/mol.